The molecule has 4 rings (SSSR count). The average Bonchev–Trinajstić information content (AvgIpc) is 3.34. The van der Waals surface area contributed by atoms with Crippen molar-refractivity contribution in [1.29, 1.82) is 0 Å². The van der Waals surface area contributed by atoms with E-state index in [4.69, 9.17) is 18.9 Å². The largest absolute Gasteiger partial charge is 0.496 e. The van der Waals surface area contributed by atoms with E-state index < -0.39 is 0 Å². The first-order valence-electron chi connectivity index (χ1n) is 9.26. The Hall–Kier alpha value is -2.31. The molecule has 2 aliphatic heterocycles. The predicted octanol–water partition coefficient (Wildman–Crippen LogP) is 3.74. The van der Waals surface area contributed by atoms with Gasteiger partial charge in [-0.1, -0.05) is 12.1 Å². The number of ether oxygens (including phenoxy) is 4. The van der Waals surface area contributed by atoms with Gasteiger partial charge in [0.25, 0.3) is 0 Å². The Balaban J connectivity index is 1.55. The van der Waals surface area contributed by atoms with Crippen LogP contribution in [0.15, 0.2) is 36.4 Å². The van der Waals surface area contributed by atoms with Gasteiger partial charge in [0.15, 0.2) is 11.5 Å². The molecule has 0 bridgehead atoms. The number of benzene rings is 2. The SMILES string of the molecule is COc1cc2c(cc1CN(Cc1ccc(F)cc1)C[C@H]1CCCO1)OCO2. The lowest BCUT2D eigenvalue weighted by Gasteiger charge is -2.26. The highest BCUT2D eigenvalue weighted by Gasteiger charge is 2.23. The smallest absolute Gasteiger partial charge is 0.231 e. The molecule has 0 unspecified atom stereocenters. The molecule has 27 heavy (non-hydrogen) atoms. The van der Waals surface area contributed by atoms with Gasteiger partial charge in [0, 0.05) is 37.9 Å². The first-order valence-corrected chi connectivity index (χ1v) is 9.26. The summed E-state index contributed by atoms with van der Waals surface area (Å²) in [5, 5.41) is 0. The number of nitrogens with zero attached hydrogens (tertiary/aromatic N) is 1. The second-order valence-electron chi connectivity index (χ2n) is 6.95. The molecule has 2 aromatic carbocycles. The van der Waals surface area contributed by atoms with Gasteiger partial charge in [0.05, 0.1) is 13.2 Å². The Morgan fingerprint density at radius 3 is 2.59 bits per heavy atom. The van der Waals surface area contributed by atoms with Gasteiger partial charge < -0.3 is 18.9 Å². The zero-order valence-corrected chi connectivity index (χ0v) is 15.4. The fourth-order valence-corrected chi connectivity index (χ4v) is 3.63. The van der Waals surface area contributed by atoms with Gasteiger partial charge in [-0.2, -0.15) is 0 Å². The summed E-state index contributed by atoms with van der Waals surface area (Å²) < 4.78 is 35.6. The zero-order valence-electron chi connectivity index (χ0n) is 15.4. The summed E-state index contributed by atoms with van der Waals surface area (Å²) in [5.74, 6) is 2.00. The molecule has 0 amide bonds. The summed E-state index contributed by atoms with van der Waals surface area (Å²) in [7, 11) is 1.66. The summed E-state index contributed by atoms with van der Waals surface area (Å²) in [6.07, 6.45) is 2.39. The quantitative estimate of drug-likeness (QED) is 0.739. The van der Waals surface area contributed by atoms with E-state index in [0.717, 1.165) is 48.6 Å². The molecule has 0 saturated carbocycles. The molecular weight excluding hydrogens is 349 g/mol. The molecule has 0 N–H and O–H groups in total. The van der Waals surface area contributed by atoms with Gasteiger partial charge in [-0.25, -0.2) is 4.39 Å². The number of rotatable bonds is 7. The predicted molar refractivity (Wildman–Crippen MR) is 98.6 cm³/mol. The molecule has 2 heterocycles. The van der Waals surface area contributed by atoms with Crippen LogP contribution in [0, 0.1) is 5.82 Å². The van der Waals surface area contributed by atoms with E-state index in [1.54, 1.807) is 7.11 Å². The van der Waals surface area contributed by atoms with Crippen LogP contribution in [0.3, 0.4) is 0 Å². The van der Waals surface area contributed by atoms with E-state index in [0.29, 0.717) is 18.8 Å². The highest BCUT2D eigenvalue weighted by atomic mass is 19.1. The number of halogens is 1. The number of hydrogen-bond donors (Lipinski definition) is 0. The van der Waals surface area contributed by atoms with Crippen LogP contribution in [0.2, 0.25) is 0 Å². The third-order valence-electron chi connectivity index (χ3n) is 4.97. The Bertz CT molecular complexity index is 774. The van der Waals surface area contributed by atoms with Crippen LogP contribution in [0.4, 0.5) is 4.39 Å². The van der Waals surface area contributed by atoms with Crippen LogP contribution in [0.25, 0.3) is 0 Å². The zero-order chi connectivity index (χ0) is 18.6. The summed E-state index contributed by atoms with van der Waals surface area (Å²) in [4.78, 5) is 2.31. The number of fused-ring (bicyclic) bond motifs is 1. The van der Waals surface area contributed by atoms with E-state index in [2.05, 4.69) is 4.90 Å². The second kappa shape index (κ2) is 8.15. The van der Waals surface area contributed by atoms with Gasteiger partial charge in [-0.3, -0.25) is 4.90 Å². The molecule has 0 aromatic heterocycles. The Morgan fingerprint density at radius 2 is 1.89 bits per heavy atom. The molecule has 2 aliphatic rings. The van der Waals surface area contributed by atoms with Crippen molar-refractivity contribution in [2.24, 2.45) is 0 Å². The molecule has 0 radical (unpaired) electrons. The van der Waals surface area contributed by atoms with Crippen LogP contribution in [-0.4, -0.2) is 38.1 Å². The van der Waals surface area contributed by atoms with Crippen LogP contribution in [0.5, 0.6) is 17.2 Å². The normalized spacial score (nSPS) is 18.3. The summed E-state index contributed by atoms with van der Waals surface area (Å²) in [6, 6.07) is 10.5. The monoisotopic (exact) mass is 373 g/mol. The molecule has 0 aliphatic carbocycles. The van der Waals surface area contributed by atoms with Crippen molar-refractivity contribution in [3.05, 3.63) is 53.3 Å². The average molecular weight is 373 g/mol. The van der Waals surface area contributed by atoms with E-state index in [1.807, 2.05) is 24.3 Å². The molecule has 6 heteroatoms. The standard InChI is InChI=1S/C21H24FNO4/c1-24-19-10-21-20(26-14-27-21)9-16(19)12-23(13-18-3-2-8-25-18)11-15-4-6-17(22)7-5-15/h4-7,9-10,18H,2-3,8,11-14H2,1H3/t18-/m1/s1. The third kappa shape index (κ3) is 4.34. The number of methoxy groups -OCH3 is 1. The summed E-state index contributed by atoms with van der Waals surface area (Å²) in [5.41, 5.74) is 2.09. The second-order valence-corrected chi connectivity index (χ2v) is 6.95. The lowest BCUT2D eigenvalue weighted by atomic mass is 10.1. The van der Waals surface area contributed by atoms with Crippen molar-refractivity contribution in [3.8, 4) is 17.2 Å². The van der Waals surface area contributed by atoms with Crippen molar-refractivity contribution in [2.75, 3.05) is 27.1 Å². The molecule has 0 spiro atoms. The van der Waals surface area contributed by atoms with Crippen molar-refractivity contribution in [2.45, 2.75) is 32.0 Å². The van der Waals surface area contributed by atoms with E-state index in [1.165, 1.54) is 12.1 Å². The van der Waals surface area contributed by atoms with Gasteiger partial charge in [-0.05, 0) is 36.6 Å². The molecule has 2 aromatic rings. The fraction of sp³-hybridized carbons (Fsp3) is 0.429. The molecular formula is C21H24FNO4. The van der Waals surface area contributed by atoms with Gasteiger partial charge >= 0.3 is 0 Å². The highest BCUT2D eigenvalue weighted by Crippen LogP contribution is 2.38. The molecule has 1 fully saturated rings. The van der Waals surface area contributed by atoms with E-state index in [-0.39, 0.29) is 18.7 Å². The highest BCUT2D eigenvalue weighted by molar-refractivity contribution is 5.51. The maximum Gasteiger partial charge on any atom is 0.231 e. The van der Waals surface area contributed by atoms with Gasteiger partial charge in [0.2, 0.25) is 6.79 Å². The maximum absolute atomic E-state index is 13.2. The van der Waals surface area contributed by atoms with Gasteiger partial charge in [0.1, 0.15) is 11.6 Å². The molecule has 1 saturated heterocycles. The molecule has 5 nitrogen and oxygen atoms in total. The van der Waals surface area contributed by atoms with Crippen LogP contribution in [0.1, 0.15) is 24.0 Å². The van der Waals surface area contributed by atoms with Crippen molar-refractivity contribution < 1.29 is 23.3 Å². The minimum absolute atomic E-state index is 0.220. The van der Waals surface area contributed by atoms with E-state index >= 15 is 0 Å². The molecule has 1 atom stereocenters. The van der Waals surface area contributed by atoms with Crippen LogP contribution < -0.4 is 14.2 Å². The number of hydrogen-bond acceptors (Lipinski definition) is 5. The lowest BCUT2D eigenvalue weighted by Crippen LogP contribution is -2.31. The van der Waals surface area contributed by atoms with Crippen molar-refractivity contribution in [3.63, 3.8) is 0 Å². The summed E-state index contributed by atoms with van der Waals surface area (Å²) >= 11 is 0. The van der Waals surface area contributed by atoms with Crippen molar-refractivity contribution >= 4 is 0 Å². The summed E-state index contributed by atoms with van der Waals surface area (Å²) in [6.45, 7) is 3.25. The van der Waals surface area contributed by atoms with Crippen molar-refractivity contribution in [1.82, 2.24) is 4.90 Å². The van der Waals surface area contributed by atoms with E-state index in [9.17, 15) is 4.39 Å². The minimum Gasteiger partial charge on any atom is -0.496 e. The Kier molecular flexibility index (Phi) is 5.45. The minimum atomic E-state index is -0.220. The maximum atomic E-state index is 13.2. The fourth-order valence-electron chi connectivity index (χ4n) is 3.63. The lowest BCUT2D eigenvalue weighted by molar-refractivity contribution is 0.0676. The first kappa shape index (κ1) is 18.1. The molecule has 144 valence electrons. The Morgan fingerprint density at radius 1 is 1.11 bits per heavy atom. The van der Waals surface area contributed by atoms with Crippen LogP contribution in [-0.2, 0) is 17.8 Å². The first-order chi connectivity index (χ1) is 13.2. The van der Waals surface area contributed by atoms with Gasteiger partial charge in [-0.15, -0.1) is 0 Å². The Labute approximate surface area is 158 Å². The topological polar surface area (TPSA) is 40.2 Å². The third-order valence-corrected chi connectivity index (χ3v) is 4.97. The van der Waals surface area contributed by atoms with Crippen LogP contribution >= 0.6 is 0 Å².